The lowest BCUT2D eigenvalue weighted by Gasteiger charge is -2.05. The Morgan fingerprint density at radius 2 is 1.76 bits per heavy atom. The Morgan fingerprint density at radius 1 is 1.00 bits per heavy atom. The first-order chi connectivity index (χ1) is 12.2. The molecule has 0 aliphatic carbocycles. The summed E-state index contributed by atoms with van der Waals surface area (Å²) in [6.07, 6.45) is 3.35. The van der Waals surface area contributed by atoms with E-state index in [9.17, 15) is 4.39 Å². The minimum absolute atomic E-state index is 0.224. The van der Waals surface area contributed by atoms with E-state index in [1.807, 2.05) is 28.9 Å². The molecule has 0 atom stereocenters. The van der Waals surface area contributed by atoms with Gasteiger partial charge in [0.1, 0.15) is 17.2 Å². The maximum absolute atomic E-state index is 13.0. The van der Waals surface area contributed by atoms with Gasteiger partial charge in [-0.15, -0.1) is 11.8 Å². The van der Waals surface area contributed by atoms with Crippen molar-refractivity contribution in [2.45, 2.75) is 17.7 Å². The number of thioether (sulfide) groups is 1. The predicted molar refractivity (Wildman–Crippen MR) is 97.4 cm³/mol. The molecule has 0 radical (unpaired) electrons. The summed E-state index contributed by atoms with van der Waals surface area (Å²) in [7, 11) is 0. The standard InChI is InChI=1S/C19H15FN4S/c1-13-2-8-16(9-3-13)24-18-17(10-23-24)19(22-12-21-18)25-11-14-4-6-15(20)7-5-14/h2-10,12H,11H2,1H3. The third kappa shape index (κ3) is 3.25. The van der Waals surface area contributed by atoms with E-state index in [0.29, 0.717) is 5.75 Å². The Bertz CT molecular complexity index is 1010. The van der Waals surface area contributed by atoms with Gasteiger partial charge in [-0.05, 0) is 36.8 Å². The lowest BCUT2D eigenvalue weighted by atomic mass is 10.2. The minimum atomic E-state index is -0.224. The third-order valence-electron chi connectivity index (χ3n) is 3.90. The van der Waals surface area contributed by atoms with Crippen molar-refractivity contribution in [1.82, 2.24) is 19.7 Å². The molecule has 4 nitrogen and oxygen atoms in total. The van der Waals surface area contributed by atoms with Crippen molar-refractivity contribution in [3.8, 4) is 5.69 Å². The molecular weight excluding hydrogens is 335 g/mol. The van der Waals surface area contributed by atoms with Gasteiger partial charge in [0, 0.05) is 5.75 Å². The van der Waals surface area contributed by atoms with Crippen LogP contribution in [-0.2, 0) is 5.75 Å². The van der Waals surface area contributed by atoms with Crippen molar-refractivity contribution in [3.63, 3.8) is 0 Å². The normalized spacial score (nSPS) is 11.1. The first-order valence-electron chi connectivity index (χ1n) is 7.84. The Kier molecular flexibility index (Phi) is 4.19. The highest BCUT2D eigenvalue weighted by Crippen LogP contribution is 2.28. The maximum atomic E-state index is 13.0. The molecule has 2 aromatic heterocycles. The molecule has 0 aliphatic heterocycles. The summed E-state index contributed by atoms with van der Waals surface area (Å²) < 4.78 is 14.8. The summed E-state index contributed by atoms with van der Waals surface area (Å²) in [6, 6.07) is 14.7. The summed E-state index contributed by atoms with van der Waals surface area (Å²) in [5.41, 5.74) is 3.99. The van der Waals surface area contributed by atoms with Crippen LogP contribution in [0.3, 0.4) is 0 Å². The minimum Gasteiger partial charge on any atom is -0.229 e. The smallest absolute Gasteiger partial charge is 0.167 e. The van der Waals surface area contributed by atoms with Gasteiger partial charge in [-0.1, -0.05) is 29.8 Å². The molecule has 0 saturated carbocycles. The summed E-state index contributed by atoms with van der Waals surface area (Å²) in [5, 5.41) is 6.25. The molecule has 0 fully saturated rings. The second-order valence-electron chi connectivity index (χ2n) is 5.72. The summed E-state index contributed by atoms with van der Waals surface area (Å²) in [4.78, 5) is 8.78. The number of aromatic nitrogens is 4. The van der Waals surface area contributed by atoms with E-state index in [1.54, 1.807) is 36.4 Å². The van der Waals surface area contributed by atoms with E-state index in [1.165, 1.54) is 17.7 Å². The molecule has 0 N–H and O–H groups in total. The third-order valence-corrected chi connectivity index (χ3v) is 4.97. The van der Waals surface area contributed by atoms with Gasteiger partial charge in [0.15, 0.2) is 5.65 Å². The Balaban J connectivity index is 1.64. The van der Waals surface area contributed by atoms with Gasteiger partial charge < -0.3 is 0 Å². The van der Waals surface area contributed by atoms with E-state index in [2.05, 4.69) is 22.0 Å². The number of rotatable bonds is 4. The summed E-state index contributed by atoms with van der Waals surface area (Å²) in [6.45, 7) is 2.05. The molecule has 0 bridgehead atoms. The molecule has 2 aromatic carbocycles. The fourth-order valence-electron chi connectivity index (χ4n) is 2.54. The van der Waals surface area contributed by atoms with E-state index in [4.69, 9.17) is 0 Å². The molecule has 0 amide bonds. The molecule has 0 saturated heterocycles. The second-order valence-corrected chi connectivity index (χ2v) is 6.69. The van der Waals surface area contributed by atoms with Gasteiger partial charge in [-0.3, -0.25) is 0 Å². The van der Waals surface area contributed by atoms with Crippen LogP contribution in [0.4, 0.5) is 4.39 Å². The first-order valence-corrected chi connectivity index (χ1v) is 8.82. The van der Waals surface area contributed by atoms with Crippen molar-refractivity contribution in [2.24, 2.45) is 0 Å². The molecule has 4 aromatic rings. The van der Waals surface area contributed by atoms with Crippen molar-refractivity contribution in [2.75, 3.05) is 0 Å². The molecule has 0 unspecified atom stereocenters. The molecular formula is C19H15FN4S. The number of aryl methyl sites for hydroxylation is 1. The first kappa shape index (κ1) is 15.8. The zero-order valence-corrected chi connectivity index (χ0v) is 14.4. The summed E-state index contributed by atoms with van der Waals surface area (Å²) >= 11 is 1.59. The van der Waals surface area contributed by atoms with Crippen molar-refractivity contribution in [3.05, 3.63) is 78.0 Å². The van der Waals surface area contributed by atoms with Gasteiger partial charge in [-0.25, -0.2) is 19.0 Å². The Hall–Kier alpha value is -2.73. The molecule has 0 spiro atoms. The van der Waals surface area contributed by atoms with Crippen molar-refractivity contribution >= 4 is 22.8 Å². The van der Waals surface area contributed by atoms with E-state index >= 15 is 0 Å². The monoisotopic (exact) mass is 350 g/mol. The van der Waals surface area contributed by atoms with Gasteiger partial charge in [0.25, 0.3) is 0 Å². The van der Waals surface area contributed by atoms with Crippen molar-refractivity contribution in [1.29, 1.82) is 0 Å². The predicted octanol–water partition coefficient (Wildman–Crippen LogP) is 4.56. The molecule has 4 rings (SSSR count). The number of hydrogen-bond acceptors (Lipinski definition) is 4. The van der Waals surface area contributed by atoms with Gasteiger partial charge in [0.2, 0.25) is 0 Å². The Morgan fingerprint density at radius 3 is 2.52 bits per heavy atom. The Labute approximate surface area is 148 Å². The highest BCUT2D eigenvalue weighted by molar-refractivity contribution is 7.98. The van der Waals surface area contributed by atoms with Gasteiger partial charge in [-0.2, -0.15) is 5.10 Å². The number of halogens is 1. The van der Waals surface area contributed by atoms with E-state index < -0.39 is 0 Å². The van der Waals surface area contributed by atoms with Crippen LogP contribution in [0.5, 0.6) is 0 Å². The quantitative estimate of drug-likeness (QED) is 0.400. The molecule has 0 aliphatic rings. The molecule has 124 valence electrons. The molecule has 25 heavy (non-hydrogen) atoms. The SMILES string of the molecule is Cc1ccc(-n2ncc3c(SCc4ccc(F)cc4)ncnc32)cc1. The van der Waals surface area contributed by atoms with Crippen LogP contribution < -0.4 is 0 Å². The lowest BCUT2D eigenvalue weighted by molar-refractivity contribution is 0.627. The average molecular weight is 350 g/mol. The van der Waals surface area contributed by atoms with Crippen LogP contribution in [0.2, 0.25) is 0 Å². The topological polar surface area (TPSA) is 43.6 Å². The van der Waals surface area contributed by atoms with Crippen LogP contribution >= 0.6 is 11.8 Å². The van der Waals surface area contributed by atoms with E-state index in [0.717, 1.165) is 27.3 Å². The zero-order valence-electron chi connectivity index (χ0n) is 13.6. The van der Waals surface area contributed by atoms with Crippen molar-refractivity contribution < 1.29 is 4.39 Å². The highest BCUT2D eigenvalue weighted by atomic mass is 32.2. The number of hydrogen-bond donors (Lipinski definition) is 0. The second kappa shape index (κ2) is 6.64. The number of benzene rings is 2. The fourth-order valence-corrected chi connectivity index (χ4v) is 3.46. The zero-order chi connectivity index (χ0) is 17.2. The highest BCUT2D eigenvalue weighted by Gasteiger charge is 2.11. The van der Waals surface area contributed by atoms with Crippen LogP contribution in [0.15, 0.2) is 66.1 Å². The fraction of sp³-hybridized carbons (Fsp3) is 0.105. The lowest BCUT2D eigenvalue weighted by Crippen LogP contribution is -1.98. The van der Waals surface area contributed by atoms with Crippen LogP contribution in [0.1, 0.15) is 11.1 Å². The maximum Gasteiger partial charge on any atom is 0.167 e. The average Bonchev–Trinajstić information content (AvgIpc) is 3.07. The molecule has 6 heteroatoms. The van der Waals surface area contributed by atoms with Crippen LogP contribution in [0, 0.1) is 12.7 Å². The van der Waals surface area contributed by atoms with Crippen LogP contribution in [-0.4, -0.2) is 19.7 Å². The largest absolute Gasteiger partial charge is 0.229 e. The molecule has 2 heterocycles. The number of fused-ring (bicyclic) bond motifs is 1. The van der Waals surface area contributed by atoms with Crippen LogP contribution in [0.25, 0.3) is 16.7 Å². The van der Waals surface area contributed by atoms with Gasteiger partial charge >= 0.3 is 0 Å². The summed E-state index contributed by atoms with van der Waals surface area (Å²) in [5.74, 6) is 0.486. The number of nitrogens with zero attached hydrogens (tertiary/aromatic N) is 4. The van der Waals surface area contributed by atoms with E-state index in [-0.39, 0.29) is 5.82 Å². The van der Waals surface area contributed by atoms with Gasteiger partial charge in [0.05, 0.1) is 17.3 Å².